The topological polar surface area (TPSA) is 55.1 Å². The summed E-state index contributed by atoms with van der Waals surface area (Å²) in [7, 11) is 0. The Morgan fingerprint density at radius 3 is 2.67 bits per heavy atom. The molecule has 0 saturated carbocycles. The maximum absolute atomic E-state index is 12.4. The van der Waals surface area contributed by atoms with Crippen LogP contribution in [0.2, 0.25) is 4.34 Å². The molecule has 0 radical (unpaired) electrons. The van der Waals surface area contributed by atoms with E-state index in [2.05, 4.69) is 5.32 Å². The SMILES string of the molecule is CC(NC(=O)c1sc2ccccc2c1N)c1ccc(Cl)s1. The number of rotatable bonds is 3. The highest BCUT2D eigenvalue weighted by molar-refractivity contribution is 7.21. The van der Waals surface area contributed by atoms with Crippen molar-refractivity contribution >= 4 is 56.0 Å². The summed E-state index contributed by atoms with van der Waals surface area (Å²) in [5.41, 5.74) is 6.64. The number of fused-ring (bicyclic) bond motifs is 1. The van der Waals surface area contributed by atoms with Gasteiger partial charge in [-0.25, -0.2) is 0 Å². The zero-order valence-corrected chi connectivity index (χ0v) is 13.6. The first-order chi connectivity index (χ1) is 10.1. The van der Waals surface area contributed by atoms with Gasteiger partial charge < -0.3 is 11.1 Å². The minimum atomic E-state index is -0.147. The minimum Gasteiger partial charge on any atom is -0.397 e. The van der Waals surface area contributed by atoms with E-state index in [9.17, 15) is 4.79 Å². The monoisotopic (exact) mass is 336 g/mol. The molecule has 1 atom stereocenters. The summed E-state index contributed by atoms with van der Waals surface area (Å²) in [5, 5.41) is 3.90. The summed E-state index contributed by atoms with van der Waals surface area (Å²) < 4.78 is 1.74. The van der Waals surface area contributed by atoms with Crippen molar-refractivity contribution in [3.8, 4) is 0 Å². The van der Waals surface area contributed by atoms with Crippen LogP contribution in [0.15, 0.2) is 36.4 Å². The summed E-state index contributed by atoms with van der Waals surface area (Å²) in [5.74, 6) is -0.147. The summed E-state index contributed by atoms with van der Waals surface area (Å²) in [6.45, 7) is 1.93. The van der Waals surface area contributed by atoms with E-state index < -0.39 is 0 Å². The summed E-state index contributed by atoms with van der Waals surface area (Å²) in [4.78, 5) is 14.0. The first-order valence-electron chi connectivity index (χ1n) is 6.39. The lowest BCUT2D eigenvalue weighted by atomic mass is 10.2. The number of carbonyl (C=O) groups excluding carboxylic acids is 1. The van der Waals surface area contributed by atoms with Crippen LogP contribution in [0.4, 0.5) is 5.69 Å². The van der Waals surface area contributed by atoms with Gasteiger partial charge in [0.05, 0.1) is 16.1 Å². The minimum absolute atomic E-state index is 0.0976. The Morgan fingerprint density at radius 2 is 2.00 bits per heavy atom. The lowest BCUT2D eigenvalue weighted by molar-refractivity contribution is 0.0945. The largest absolute Gasteiger partial charge is 0.397 e. The zero-order valence-electron chi connectivity index (χ0n) is 11.2. The third kappa shape index (κ3) is 2.77. The Labute approximate surface area is 135 Å². The Balaban J connectivity index is 1.85. The molecule has 1 aromatic carbocycles. The van der Waals surface area contributed by atoms with Crippen LogP contribution < -0.4 is 11.1 Å². The number of benzene rings is 1. The number of nitrogens with one attached hydrogen (secondary N) is 1. The number of thiophene rings is 2. The normalized spacial score (nSPS) is 12.5. The number of anilines is 1. The van der Waals surface area contributed by atoms with Crippen molar-refractivity contribution in [1.29, 1.82) is 0 Å². The van der Waals surface area contributed by atoms with Crippen molar-refractivity contribution in [2.75, 3.05) is 5.73 Å². The molecule has 0 saturated heterocycles. The van der Waals surface area contributed by atoms with E-state index in [4.69, 9.17) is 17.3 Å². The Kier molecular flexibility index (Phi) is 3.89. The molecule has 108 valence electrons. The van der Waals surface area contributed by atoms with Crippen LogP contribution in [-0.2, 0) is 0 Å². The maximum atomic E-state index is 12.4. The molecule has 6 heteroatoms. The van der Waals surface area contributed by atoms with E-state index in [-0.39, 0.29) is 11.9 Å². The molecular weight excluding hydrogens is 324 g/mol. The van der Waals surface area contributed by atoms with E-state index in [1.807, 2.05) is 43.3 Å². The Hall–Kier alpha value is -1.56. The van der Waals surface area contributed by atoms with Crippen molar-refractivity contribution in [3.63, 3.8) is 0 Å². The fraction of sp³-hybridized carbons (Fsp3) is 0.133. The Morgan fingerprint density at radius 1 is 1.24 bits per heavy atom. The fourth-order valence-corrected chi connectivity index (χ4v) is 4.22. The van der Waals surface area contributed by atoms with E-state index in [1.165, 1.54) is 22.7 Å². The molecule has 2 aromatic heterocycles. The highest BCUT2D eigenvalue weighted by atomic mass is 35.5. The van der Waals surface area contributed by atoms with Crippen LogP contribution in [-0.4, -0.2) is 5.91 Å². The van der Waals surface area contributed by atoms with Crippen molar-refractivity contribution in [2.45, 2.75) is 13.0 Å². The quantitative estimate of drug-likeness (QED) is 0.729. The highest BCUT2D eigenvalue weighted by Gasteiger charge is 2.19. The average molecular weight is 337 g/mol. The van der Waals surface area contributed by atoms with Gasteiger partial charge >= 0.3 is 0 Å². The second-order valence-electron chi connectivity index (χ2n) is 4.68. The molecule has 0 bridgehead atoms. The summed E-state index contributed by atoms with van der Waals surface area (Å²) in [6, 6.07) is 11.4. The number of hydrogen-bond acceptors (Lipinski definition) is 4. The van der Waals surface area contributed by atoms with Crippen LogP contribution in [0, 0.1) is 0 Å². The third-order valence-electron chi connectivity index (χ3n) is 3.21. The molecule has 0 aliphatic heterocycles. The van der Waals surface area contributed by atoms with Gasteiger partial charge in [0.15, 0.2) is 0 Å². The molecule has 3 nitrogen and oxygen atoms in total. The van der Waals surface area contributed by atoms with Crippen LogP contribution >= 0.6 is 34.3 Å². The summed E-state index contributed by atoms with van der Waals surface area (Å²) >= 11 is 8.80. The van der Waals surface area contributed by atoms with Crippen molar-refractivity contribution in [2.24, 2.45) is 0 Å². The number of halogens is 1. The smallest absolute Gasteiger partial charge is 0.264 e. The molecule has 0 aliphatic carbocycles. The van der Waals surface area contributed by atoms with Gasteiger partial charge in [0, 0.05) is 15.0 Å². The molecule has 2 heterocycles. The zero-order chi connectivity index (χ0) is 15.0. The van der Waals surface area contributed by atoms with Gasteiger partial charge in [-0.1, -0.05) is 29.8 Å². The number of hydrogen-bond donors (Lipinski definition) is 2. The predicted octanol–water partition coefficient (Wildman–Crippen LogP) is 4.69. The van der Waals surface area contributed by atoms with Crippen LogP contribution in [0.5, 0.6) is 0 Å². The van der Waals surface area contributed by atoms with Gasteiger partial charge in [0.2, 0.25) is 0 Å². The number of nitrogen functional groups attached to an aromatic ring is 1. The molecule has 3 aromatic rings. The lowest BCUT2D eigenvalue weighted by Crippen LogP contribution is -2.25. The predicted molar refractivity (Wildman–Crippen MR) is 91.4 cm³/mol. The van der Waals surface area contributed by atoms with E-state index in [0.29, 0.717) is 14.9 Å². The molecular formula is C15H13ClN2OS2. The van der Waals surface area contributed by atoms with E-state index in [1.54, 1.807) is 0 Å². The number of amides is 1. The van der Waals surface area contributed by atoms with E-state index >= 15 is 0 Å². The van der Waals surface area contributed by atoms with Gasteiger partial charge in [-0.2, -0.15) is 0 Å². The van der Waals surface area contributed by atoms with E-state index in [0.717, 1.165) is 15.0 Å². The van der Waals surface area contributed by atoms with Crippen molar-refractivity contribution in [1.82, 2.24) is 5.32 Å². The molecule has 3 N–H and O–H groups in total. The standard InChI is InChI=1S/C15H13ClN2OS2/c1-8(10-6-7-12(16)20-10)18-15(19)14-13(17)9-4-2-3-5-11(9)21-14/h2-8H,17H2,1H3,(H,18,19). The number of nitrogens with two attached hydrogens (primary N) is 1. The number of carbonyl (C=O) groups is 1. The second-order valence-corrected chi connectivity index (χ2v) is 7.48. The first kappa shape index (κ1) is 14.4. The van der Waals surface area contributed by atoms with Crippen LogP contribution in [0.1, 0.15) is 27.5 Å². The average Bonchev–Trinajstić information content (AvgIpc) is 3.04. The Bertz CT molecular complexity index is 809. The van der Waals surface area contributed by atoms with Gasteiger partial charge in [0.1, 0.15) is 4.88 Å². The molecule has 0 fully saturated rings. The van der Waals surface area contributed by atoms with Crippen molar-refractivity contribution in [3.05, 3.63) is 50.5 Å². The maximum Gasteiger partial charge on any atom is 0.264 e. The molecule has 1 amide bonds. The third-order valence-corrected chi connectivity index (χ3v) is 5.81. The molecule has 0 spiro atoms. The second kappa shape index (κ2) is 5.67. The van der Waals surface area contributed by atoms with Gasteiger partial charge in [-0.3, -0.25) is 4.79 Å². The van der Waals surface area contributed by atoms with Gasteiger partial charge in [-0.05, 0) is 25.1 Å². The van der Waals surface area contributed by atoms with Crippen LogP contribution in [0.3, 0.4) is 0 Å². The molecule has 3 rings (SSSR count). The van der Waals surface area contributed by atoms with Gasteiger partial charge in [0.25, 0.3) is 5.91 Å². The fourth-order valence-electron chi connectivity index (χ4n) is 2.13. The molecule has 0 aliphatic rings. The van der Waals surface area contributed by atoms with Crippen molar-refractivity contribution < 1.29 is 4.79 Å². The lowest BCUT2D eigenvalue weighted by Gasteiger charge is -2.11. The van der Waals surface area contributed by atoms with Gasteiger partial charge in [-0.15, -0.1) is 22.7 Å². The van der Waals surface area contributed by atoms with Crippen LogP contribution in [0.25, 0.3) is 10.1 Å². The summed E-state index contributed by atoms with van der Waals surface area (Å²) in [6.07, 6.45) is 0. The molecule has 1 unspecified atom stereocenters. The first-order valence-corrected chi connectivity index (χ1v) is 8.40. The molecule has 21 heavy (non-hydrogen) atoms. The highest BCUT2D eigenvalue weighted by Crippen LogP contribution is 2.34.